The van der Waals surface area contributed by atoms with Crippen LogP contribution in [0.1, 0.15) is 25.8 Å². The van der Waals surface area contributed by atoms with E-state index in [1.165, 1.54) is 29.1 Å². The Morgan fingerprint density at radius 3 is 2.38 bits per heavy atom. The Kier molecular flexibility index (Phi) is 9.92. The molecule has 2 aliphatic rings. The number of pyridine rings is 1. The number of alkyl halides is 3. The van der Waals surface area contributed by atoms with Crippen molar-refractivity contribution >= 4 is 46.0 Å². The zero-order chi connectivity index (χ0) is 34.2. The first-order valence-corrected chi connectivity index (χ1v) is 15.8. The summed E-state index contributed by atoms with van der Waals surface area (Å²) < 4.78 is 86.2. The van der Waals surface area contributed by atoms with Crippen LogP contribution in [0.2, 0.25) is 5.02 Å². The minimum Gasteiger partial charge on any atom is -0.352 e. The summed E-state index contributed by atoms with van der Waals surface area (Å²) in [5.74, 6) is -2.46. The number of hydrogen-bond acceptors (Lipinski definition) is 6. The number of carbonyl (C=O) groups is 1. The highest BCUT2D eigenvalue weighted by atomic mass is 35.5. The summed E-state index contributed by atoms with van der Waals surface area (Å²) in [5.41, 5.74) is -2.62. The lowest BCUT2D eigenvalue weighted by Gasteiger charge is -2.44. The minimum atomic E-state index is -4.94. The van der Waals surface area contributed by atoms with Crippen LogP contribution in [-0.2, 0) is 17.5 Å². The van der Waals surface area contributed by atoms with Gasteiger partial charge in [0, 0.05) is 65.4 Å². The van der Waals surface area contributed by atoms with E-state index in [1.807, 2.05) is 0 Å². The number of benzene rings is 2. The van der Waals surface area contributed by atoms with E-state index in [0.717, 1.165) is 23.9 Å². The Balaban J connectivity index is 0.000000549. The molecule has 0 saturated carbocycles. The summed E-state index contributed by atoms with van der Waals surface area (Å²) in [6.07, 6.45) is -0.579. The van der Waals surface area contributed by atoms with Crippen LogP contribution in [0, 0.1) is 17.5 Å². The van der Waals surface area contributed by atoms with Crippen LogP contribution >= 0.6 is 23.4 Å². The van der Waals surface area contributed by atoms with Crippen LogP contribution in [0.4, 0.5) is 32.2 Å². The molecule has 2 unspecified atom stereocenters. The number of thioether (sulfide) groups is 1. The van der Waals surface area contributed by atoms with Crippen molar-refractivity contribution in [3.63, 3.8) is 0 Å². The van der Waals surface area contributed by atoms with Crippen LogP contribution in [-0.4, -0.2) is 56.3 Å². The number of rotatable bonds is 3. The SMILES string of the molecule is C=CC(=O)N1C(C)CN(c2nc(=O)n3c4c(c(-c5cc(Cl)c(F)cc5F)c(C(F)(F)F)cc24)SCCC3)CC1C.Fc1cccnc1. The first-order valence-electron chi connectivity index (χ1n) is 14.4. The first-order chi connectivity index (χ1) is 22.2. The largest absolute Gasteiger partial charge is 0.417 e. The third-order valence-electron chi connectivity index (χ3n) is 7.83. The number of nitrogens with zero attached hydrogens (tertiary/aromatic N) is 5. The van der Waals surface area contributed by atoms with Gasteiger partial charge < -0.3 is 9.80 Å². The Labute approximate surface area is 274 Å². The average molecular weight is 696 g/mol. The molecule has 7 nitrogen and oxygen atoms in total. The molecule has 0 aliphatic carbocycles. The average Bonchev–Trinajstić information content (AvgIpc) is 3.24. The van der Waals surface area contributed by atoms with E-state index in [1.54, 1.807) is 29.7 Å². The van der Waals surface area contributed by atoms with E-state index in [0.29, 0.717) is 18.2 Å². The molecule has 4 heterocycles. The number of halogens is 7. The molecule has 0 spiro atoms. The normalized spacial score (nSPS) is 18.0. The van der Waals surface area contributed by atoms with E-state index in [4.69, 9.17) is 11.6 Å². The summed E-state index contributed by atoms with van der Waals surface area (Å²) in [7, 11) is 0. The van der Waals surface area contributed by atoms with Gasteiger partial charge in [-0.05, 0) is 56.4 Å². The number of anilines is 1. The van der Waals surface area contributed by atoms with Crippen LogP contribution < -0.4 is 10.6 Å². The second-order valence-corrected chi connectivity index (χ2v) is 12.6. The summed E-state index contributed by atoms with van der Waals surface area (Å²) >= 11 is 6.95. The lowest BCUT2D eigenvalue weighted by molar-refractivity contribution is -0.137. The molecule has 1 saturated heterocycles. The van der Waals surface area contributed by atoms with Crippen LogP contribution in [0.15, 0.2) is 65.1 Å². The summed E-state index contributed by atoms with van der Waals surface area (Å²) in [6.45, 7) is 7.75. The number of amides is 1. The molecule has 15 heteroatoms. The molecular weight excluding hydrogens is 668 g/mol. The predicted octanol–water partition coefficient (Wildman–Crippen LogP) is 7.34. The molecule has 2 aromatic carbocycles. The summed E-state index contributed by atoms with van der Waals surface area (Å²) in [5, 5.41) is -0.449. The molecule has 248 valence electrons. The Morgan fingerprint density at radius 2 is 1.81 bits per heavy atom. The van der Waals surface area contributed by atoms with E-state index in [9.17, 15) is 31.5 Å². The molecule has 6 rings (SSSR count). The van der Waals surface area contributed by atoms with Gasteiger partial charge in [0.25, 0.3) is 0 Å². The number of piperazine rings is 1. The third-order valence-corrected chi connectivity index (χ3v) is 9.30. The van der Waals surface area contributed by atoms with Crippen molar-refractivity contribution in [2.45, 2.75) is 50.0 Å². The van der Waals surface area contributed by atoms with Gasteiger partial charge in [-0.15, -0.1) is 11.8 Å². The maximum Gasteiger partial charge on any atom is 0.417 e. The molecule has 0 radical (unpaired) electrons. The van der Waals surface area contributed by atoms with Gasteiger partial charge in [-0.3, -0.25) is 14.3 Å². The predicted molar refractivity (Wildman–Crippen MR) is 169 cm³/mol. The molecule has 47 heavy (non-hydrogen) atoms. The summed E-state index contributed by atoms with van der Waals surface area (Å²) in [6, 6.07) is 4.38. The fourth-order valence-corrected chi connectivity index (χ4v) is 7.32. The van der Waals surface area contributed by atoms with Gasteiger partial charge in [-0.1, -0.05) is 18.2 Å². The van der Waals surface area contributed by atoms with Crippen LogP contribution in [0.25, 0.3) is 22.0 Å². The van der Waals surface area contributed by atoms with E-state index in [-0.39, 0.29) is 65.1 Å². The number of carbonyl (C=O) groups excluding carboxylic acids is 1. The van der Waals surface area contributed by atoms with Gasteiger partial charge in [-0.25, -0.2) is 18.0 Å². The van der Waals surface area contributed by atoms with Crippen molar-refractivity contribution in [1.82, 2.24) is 19.4 Å². The quantitative estimate of drug-likeness (QED) is 0.127. The first kappa shape index (κ1) is 34.3. The zero-order valence-corrected chi connectivity index (χ0v) is 26.7. The van der Waals surface area contributed by atoms with Crippen molar-refractivity contribution in [1.29, 1.82) is 0 Å². The number of hydrogen-bond donors (Lipinski definition) is 0. The van der Waals surface area contributed by atoms with Crippen molar-refractivity contribution in [2.24, 2.45) is 0 Å². The molecule has 1 amide bonds. The van der Waals surface area contributed by atoms with Gasteiger partial charge in [-0.2, -0.15) is 18.2 Å². The Hall–Kier alpha value is -4.04. The van der Waals surface area contributed by atoms with Crippen molar-refractivity contribution in [3.8, 4) is 11.1 Å². The second-order valence-electron chi connectivity index (χ2n) is 11.1. The maximum atomic E-state index is 15.1. The van der Waals surface area contributed by atoms with Crippen LogP contribution in [0.3, 0.4) is 0 Å². The zero-order valence-electron chi connectivity index (χ0n) is 25.1. The lowest BCUT2D eigenvalue weighted by atomic mass is 9.95. The summed E-state index contributed by atoms with van der Waals surface area (Å²) in [4.78, 5) is 36.8. The fourth-order valence-electron chi connectivity index (χ4n) is 5.96. The molecule has 4 aromatic rings. The second kappa shape index (κ2) is 13.6. The highest BCUT2D eigenvalue weighted by molar-refractivity contribution is 7.99. The van der Waals surface area contributed by atoms with Crippen molar-refractivity contribution in [2.75, 3.05) is 23.7 Å². The smallest absolute Gasteiger partial charge is 0.352 e. The molecule has 2 aliphatic heterocycles. The van der Waals surface area contributed by atoms with Gasteiger partial charge in [0.2, 0.25) is 5.91 Å². The van der Waals surface area contributed by atoms with Gasteiger partial charge in [0.1, 0.15) is 23.3 Å². The fraction of sp³-hybridized carbons (Fsp3) is 0.312. The molecule has 0 bridgehead atoms. The van der Waals surface area contributed by atoms with Gasteiger partial charge in [0.05, 0.1) is 22.3 Å². The standard InChI is InChI=1S/C27H24ClF5N4O2S.C5H4FN/c1-4-21(38)37-13(2)11-35(12-14(37)3)25-16-8-17(27(31,32)33)22(15-9-18(28)20(30)10-19(15)29)24-23(16)36(26(39)34-25)6-5-7-40-24;6-5-2-1-3-7-4-5/h4,8-10,13-14H,1,5-7,11-12H2,2-3H3;1-4H. The van der Waals surface area contributed by atoms with Crippen molar-refractivity contribution in [3.05, 3.63) is 93.9 Å². The minimum absolute atomic E-state index is 0.0474. The number of aromatic nitrogens is 3. The van der Waals surface area contributed by atoms with Gasteiger partial charge in [0.15, 0.2) is 0 Å². The molecule has 0 N–H and O–H groups in total. The molecule has 2 aromatic heterocycles. The van der Waals surface area contributed by atoms with Crippen molar-refractivity contribution < 1.29 is 31.1 Å². The maximum absolute atomic E-state index is 15.1. The van der Waals surface area contributed by atoms with E-state index < -0.39 is 45.2 Å². The lowest BCUT2D eigenvalue weighted by Crippen LogP contribution is -2.58. The monoisotopic (exact) mass is 695 g/mol. The van der Waals surface area contributed by atoms with E-state index in [2.05, 4.69) is 16.5 Å². The molecule has 2 atom stereocenters. The Bertz CT molecular complexity index is 1890. The number of aryl methyl sites for hydroxylation is 1. The van der Waals surface area contributed by atoms with Crippen LogP contribution in [0.5, 0.6) is 0 Å². The third kappa shape index (κ3) is 6.84. The van der Waals surface area contributed by atoms with E-state index >= 15 is 4.39 Å². The Morgan fingerprint density at radius 1 is 1.11 bits per heavy atom. The van der Waals surface area contributed by atoms with Gasteiger partial charge >= 0.3 is 11.9 Å². The topological polar surface area (TPSA) is 71.3 Å². The highest BCUT2D eigenvalue weighted by Crippen LogP contribution is 2.49. The molecular formula is C32H28ClF6N5O2S. The molecule has 1 fully saturated rings. The highest BCUT2D eigenvalue weighted by Gasteiger charge is 2.40.